The molecular formula is C17H22F2N4O. The summed E-state index contributed by atoms with van der Waals surface area (Å²) in [6.45, 7) is 6.93. The van der Waals surface area contributed by atoms with Crippen molar-refractivity contribution in [1.82, 2.24) is 20.4 Å². The number of amides is 1. The fraction of sp³-hybridized carbons (Fsp3) is 0.412. The van der Waals surface area contributed by atoms with E-state index in [1.54, 1.807) is 0 Å². The van der Waals surface area contributed by atoms with E-state index in [2.05, 4.69) is 15.7 Å². The van der Waals surface area contributed by atoms with E-state index in [-0.39, 0.29) is 18.1 Å². The molecule has 0 saturated heterocycles. The van der Waals surface area contributed by atoms with Crippen LogP contribution in [0.25, 0.3) is 5.69 Å². The lowest BCUT2D eigenvalue weighted by atomic mass is 10.2. The molecule has 5 nitrogen and oxygen atoms in total. The molecule has 0 atom stereocenters. The van der Waals surface area contributed by atoms with Gasteiger partial charge in [0.1, 0.15) is 11.5 Å². The number of aromatic nitrogens is 2. The normalized spacial score (nSPS) is 10.9. The Morgan fingerprint density at radius 2 is 2.04 bits per heavy atom. The van der Waals surface area contributed by atoms with Crippen molar-refractivity contribution in [1.29, 1.82) is 0 Å². The maximum atomic E-state index is 14.0. The van der Waals surface area contributed by atoms with E-state index in [1.807, 2.05) is 20.8 Å². The SMILES string of the molecule is CCCNC(=O)CNCc1c(C)nn(-c2ccc(F)cc2F)c1C. The van der Waals surface area contributed by atoms with E-state index in [9.17, 15) is 13.6 Å². The van der Waals surface area contributed by atoms with Crippen LogP contribution < -0.4 is 10.6 Å². The first-order chi connectivity index (χ1) is 11.4. The average molecular weight is 336 g/mol. The van der Waals surface area contributed by atoms with E-state index in [0.29, 0.717) is 13.1 Å². The van der Waals surface area contributed by atoms with Gasteiger partial charge in [0.25, 0.3) is 0 Å². The van der Waals surface area contributed by atoms with Crippen LogP contribution >= 0.6 is 0 Å². The van der Waals surface area contributed by atoms with Crippen molar-refractivity contribution >= 4 is 5.91 Å². The molecule has 0 spiro atoms. The predicted octanol–water partition coefficient (Wildman–Crippen LogP) is 2.38. The van der Waals surface area contributed by atoms with Gasteiger partial charge in [-0.25, -0.2) is 13.5 Å². The maximum Gasteiger partial charge on any atom is 0.233 e. The van der Waals surface area contributed by atoms with Crippen LogP contribution in [0.4, 0.5) is 8.78 Å². The van der Waals surface area contributed by atoms with E-state index in [1.165, 1.54) is 16.8 Å². The van der Waals surface area contributed by atoms with Gasteiger partial charge in [0, 0.05) is 30.4 Å². The summed E-state index contributed by atoms with van der Waals surface area (Å²) < 4.78 is 28.5. The fourth-order valence-electron chi connectivity index (χ4n) is 2.45. The molecule has 1 amide bonds. The summed E-state index contributed by atoms with van der Waals surface area (Å²) in [4.78, 5) is 11.6. The summed E-state index contributed by atoms with van der Waals surface area (Å²) in [7, 11) is 0. The van der Waals surface area contributed by atoms with Crippen molar-refractivity contribution in [2.24, 2.45) is 0 Å². The summed E-state index contributed by atoms with van der Waals surface area (Å²) >= 11 is 0. The van der Waals surface area contributed by atoms with Crippen molar-refractivity contribution in [3.63, 3.8) is 0 Å². The number of carbonyl (C=O) groups excluding carboxylic acids is 1. The second-order valence-corrected chi connectivity index (χ2v) is 5.61. The molecule has 1 aromatic carbocycles. The van der Waals surface area contributed by atoms with Crippen LogP contribution in [0.15, 0.2) is 18.2 Å². The number of aryl methyl sites for hydroxylation is 1. The Morgan fingerprint density at radius 1 is 1.29 bits per heavy atom. The van der Waals surface area contributed by atoms with Crippen molar-refractivity contribution < 1.29 is 13.6 Å². The zero-order valence-electron chi connectivity index (χ0n) is 14.1. The lowest BCUT2D eigenvalue weighted by molar-refractivity contribution is -0.120. The molecule has 0 bridgehead atoms. The van der Waals surface area contributed by atoms with E-state index >= 15 is 0 Å². The minimum Gasteiger partial charge on any atom is -0.355 e. The number of halogens is 2. The van der Waals surface area contributed by atoms with Crippen LogP contribution in [-0.4, -0.2) is 28.8 Å². The third-order valence-electron chi connectivity index (χ3n) is 3.74. The molecule has 1 heterocycles. The molecule has 1 aromatic heterocycles. The van der Waals surface area contributed by atoms with Gasteiger partial charge >= 0.3 is 0 Å². The summed E-state index contributed by atoms with van der Waals surface area (Å²) in [5.41, 5.74) is 2.57. The smallest absolute Gasteiger partial charge is 0.233 e. The van der Waals surface area contributed by atoms with Gasteiger partial charge in [-0.2, -0.15) is 5.10 Å². The highest BCUT2D eigenvalue weighted by Crippen LogP contribution is 2.20. The largest absolute Gasteiger partial charge is 0.355 e. The maximum absolute atomic E-state index is 14.0. The molecular weight excluding hydrogens is 314 g/mol. The molecule has 0 unspecified atom stereocenters. The van der Waals surface area contributed by atoms with Gasteiger partial charge in [0.15, 0.2) is 5.82 Å². The van der Waals surface area contributed by atoms with E-state index in [4.69, 9.17) is 0 Å². The Labute approximate surface area is 140 Å². The lowest BCUT2D eigenvalue weighted by Gasteiger charge is -2.08. The molecule has 2 rings (SSSR count). The van der Waals surface area contributed by atoms with Crippen molar-refractivity contribution in [3.05, 3.63) is 46.8 Å². The third kappa shape index (κ3) is 4.17. The van der Waals surface area contributed by atoms with E-state index < -0.39 is 11.6 Å². The molecule has 0 aliphatic heterocycles. The van der Waals surface area contributed by atoms with Crippen LogP contribution in [-0.2, 0) is 11.3 Å². The number of nitrogens with one attached hydrogen (secondary N) is 2. The van der Waals surface area contributed by atoms with Crippen LogP contribution in [0.2, 0.25) is 0 Å². The summed E-state index contributed by atoms with van der Waals surface area (Å²) in [5, 5.41) is 10.2. The van der Waals surface area contributed by atoms with Gasteiger partial charge < -0.3 is 10.6 Å². The first-order valence-electron chi connectivity index (χ1n) is 7.92. The van der Waals surface area contributed by atoms with Crippen LogP contribution in [0.3, 0.4) is 0 Å². The highest BCUT2D eigenvalue weighted by Gasteiger charge is 2.15. The topological polar surface area (TPSA) is 59.0 Å². The Hall–Kier alpha value is -2.28. The first kappa shape index (κ1) is 18.1. The molecule has 0 aliphatic rings. The van der Waals surface area contributed by atoms with Crippen molar-refractivity contribution in [2.75, 3.05) is 13.1 Å². The van der Waals surface area contributed by atoms with Crippen LogP contribution in [0, 0.1) is 25.5 Å². The number of carbonyl (C=O) groups is 1. The molecule has 130 valence electrons. The molecule has 0 radical (unpaired) electrons. The second-order valence-electron chi connectivity index (χ2n) is 5.61. The summed E-state index contributed by atoms with van der Waals surface area (Å²) in [6, 6.07) is 3.39. The van der Waals surface area contributed by atoms with Gasteiger partial charge in [0.05, 0.1) is 12.2 Å². The standard InChI is InChI=1S/C17H22F2N4O/c1-4-7-21-17(24)10-20-9-14-11(2)22-23(12(14)3)16-6-5-13(18)8-15(16)19/h5-6,8,20H,4,7,9-10H2,1-3H3,(H,21,24). The number of nitrogens with zero attached hydrogens (tertiary/aromatic N) is 2. The minimum absolute atomic E-state index is 0.0656. The van der Waals surface area contributed by atoms with Crippen molar-refractivity contribution in [3.8, 4) is 5.69 Å². The zero-order chi connectivity index (χ0) is 17.7. The first-order valence-corrected chi connectivity index (χ1v) is 7.92. The monoisotopic (exact) mass is 336 g/mol. The third-order valence-corrected chi connectivity index (χ3v) is 3.74. The Kier molecular flexibility index (Phi) is 6.03. The van der Waals surface area contributed by atoms with Gasteiger partial charge in [-0.3, -0.25) is 4.79 Å². The molecule has 2 N–H and O–H groups in total. The lowest BCUT2D eigenvalue weighted by Crippen LogP contribution is -2.34. The Morgan fingerprint density at radius 3 is 2.71 bits per heavy atom. The number of hydrogen-bond donors (Lipinski definition) is 2. The highest BCUT2D eigenvalue weighted by molar-refractivity contribution is 5.77. The number of hydrogen-bond acceptors (Lipinski definition) is 3. The van der Waals surface area contributed by atoms with Gasteiger partial charge in [-0.1, -0.05) is 6.92 Å². The molecule has 7 heteroatoms. The molecule has 0 fully saturated rings. The second kappa shape index (κ2) is 8.01. The van der Waals surface area contributed by atoms with Crippen molar-refractivity contribution in [2.45, 2.75) is 33.7 Å². The molecule has 0 saturated carbocycles. The fourth-order valence-corrected chi connectivity index (χ4v) is 2.45. The molecule has 2 aromatic rings. The molecule has 24 heavy (non-hydrogen) atoms. The highest BCUT2D eigenvalue weighted by atomic mass is 19.1. The summed E-state index contributed by atoms with van der Waals surface area (Å²) in [5.74, 6) is -1.36. The van der Waals surface area contributed by atoms with Gasteiger partial charge in [0.2, 0.25) is 5.91 Å². The van der Waals surface area contributed by atoms with E-state index in [0.717, 1.165) is 29.4 Å². The van der Waals surface area contributed by atoms with Gasteiger partial charge in [-0.15, -0.1) is 0 Å². The van der Waals surface area contributed by atoms with Gasteiger partial charge in [-0.05, 0) is 32.4 Å². The number of rotatable bonds is 7. The zero-order valence-corrected chi connectivity index (χ0v) is 14.1. The Balaban J connectivity index is 2.10. The summed E-state index contributed by atoms with van der Waals surface area (Å²) in [6.07, 6.45) is 0.889. The number of benzene rings is 1. The Bertz CT molecular complexity index is 728. The quantitative estimate of drug-likeness (QED) is 0.816. The predicted molar refractivity (Wildman–Crippen MR) is 88.0 cm³/mol. The van der Waals surface area contributed by atoms with Crippen LogP contribution in [0.1, 0.15) is 30.3 Å². The van der Waals surface area contributed by atoms with Crippen LogP contribution in [0.5, 0.6) is 0 Å². The average Bonchev–Trinajstić information content (AvgIpc) is 2.81. The minimum atomic E-state index is -0.668. The molecule has 0 aliphatic carbocycles.